The van der Waals surface area contributed by atoms with Crippen molar-refractivity contribution in [3.05, 3.63) is 40.5 Å². The van der Waals surface area contributed by atoms with Gasteiger partial charge in [0.2, 0.25) is 0 Å². The zero-order valence-corrected chi connectivity index (χ0v) is 11.1. The molecule has 0 unspecified atom stereocenters. The third kappa shape index (κ3) is 2.73. The lowest BCUT2D eigenvalue weighted by atomic mass is 10.3. The quantitative estimate of drug-likeness (QED) is 0.924. The second-order valence-corrected chi connectivity index (χ2v) is 5.60. The summed E-state index contributed by atoms with van der Waals surface area (Å²) in [6.45, 7) is 0.646. The molecule has 1 saturated carbocycles. The van der Waals surface area contributed by atoms with Gasteiger partial charge in [-0.1, -0.05) is 6.07 Å². The second kappa shape index (κ2) is 4.97. The molecule has 0 atom stereocenters. The molecule has 0 bridgehead atoms. The van der Waals surface area contributed by atoms with Gasteiger partial charge in [0, 0.05) is 10.9 Å². The second-order valence-electron chi connectivity index (χ2n) is 4.57. The number of rotatable bonds is 4. The SMILES string of the molecule is Nc1cnc(C(=O)N(Cc2cccs2)C2CC2)cn1. The Hall–Kier alpha value is -1.95. The van der Waals surface area contributed by atoms with E-state index in [-0.39, 0.29) is 5.91 Å². The molecule has 6 heteroatoms. The Kier molecular flexibility index (Phi) is 3.16. The average Bonchev–Trinajstić information content (AvgIpc) is 3.13. The fourth-order valence-electron chi connectivity index (χ4n) is 1.92. The van der Waals surface area contributed by atoms with E-state index in [0.29, 0.717) is 24.1 Å². The van der Waals surface area contributed by atoms with Crippen LogP contribution in [0.3, 0.4) is 0 Å². The van der Waals surface area contributed by atoms with E-state index in [1.807, 2.05) is 22.4 Å². The summed E-state index contributed by atoms with van der Waals surface area (Å²) in [5.74, 6) is 0.260. The first kappa shape index (κ1) is 12.1. The van der Waals surface area contributed by atoms with E-state index in [9.17, 15) is 4.79 Å². The maximum atomic E-state index is 12.5. The number of hydrogen-bond donors (Lipinski definition) is 1. The summed E-state index contributed by atoms with van der Waals surface area (Å²) < 4.78 is 0. The van der Waals surface area contributed by atoms with E-state index in [2.05, 4.69) is 9.97 Å². The molecule has 0 saturated heterocycles. The van der Waals surface area contributed by atoms with Gasteiger partial charge < -0.3 is 10.6 Å². The van der Waals surface area contributed by atoms with Crippen molar-refractivity contribution < 1.29 is 4.79 Å². The lowest BCUT2D eigenvalue weighted by molar-refractivity contribution is 0.0725. The number of amides is 1. The minimum Gasteiger partial charge on any atom is -0.382 e. The van der Waals surface area contributed by atoms with Gasteiger partial charge in [0.05, 0.1) is 18.9 Å². The monoisotopic (exact) mass is 274 g/mol. The molecule has 2 heterocycles. The lowest BCUT2D eigenvalue weighted by Gasteiger charge is -2.21. The fourth-order valence-corrected chi connectivity index (χ4v) is 2.62. The summed E-state index contributed by atoms with van der Waals surface area (Å²) in [4.78, 5) is 23.5. The number of thiophene rings is 1. The molecule has 0 spiro atoms. The van der Waals surface area contributed by atoms with Gasteiger partial charge in [0.1, 0.15) is 11.5 Å². The Morgan fingerprint density at radius 3 is 2.84 bits per heavy atom. The van der Waals surface area contributed by atoms with Crippen molar-refractivity contribution in [2.75, 3.05) is 5.73 Å². The minimum atomic E-state index is -0.0663. The number of nitrogen functional groups attached to an aromatic ring is 1. The van der Waals surface area contributed by atoms with Gasteiger partial charge in [0.15, 0.2) is 0 Å². The van der Waals surface area contributed by atoms with E-state index in [4.69, 9.17) is 5.73 Å². The highest BCUT2D eigenvalue weighted by atomic mass is 32.1. The van der Waals surface area contributed by atoms with E-state index in [1.165, 1.54) is 17.3 Å². The van der Waals surface area contributed by atoms with Crippen LogP contribution in [0.2, 0.25) is 0 Å². The van der Waals surface area contributed by atoms with E-state index >= 15 is 0 Å². The predicted octanol–water partition coefficient (Wildman–Crippen LogP) is 1.93. The minimum absolute atomic E-state index is 0.0663. The zero-order chi connectivity index (χ0) is 13.2. The predicted molar refractivity (Wildman–Crippen MR) is 73.7 cm³/mol. The van der Waals surface area contributed by atoms with Crippen LogP contribution < -0.4 is 5.73 Å². The summed E-state index contributed by atoms with van der Waals surface area (Å²) in [6, 6.07) is 4.38. The zero-order valence-electron chi connectivity index (χ0n) is 10.3. The third-order valence-corrected chi connectivity index (χ3v) is 3.91. The topological polar surface area (TPSA) is 72.1 Å². The summed E-state index contributed by atoms with van der Waals surface area (Å²) in [5, 5.41) is 2.02. The molecule has 2 N–H and O–H groups in total. The Morgan fingerprint density at radius 2 is 2.26 bits per heavy atom. The van der Waals surface area contributed by atoms with Crippen molar-refractivity contribution in [3.8, 4) is 0 Å². The van der Waals surface area contributed by atoms with Gasteiger partial charge >= 0.3 is 0 Å². The summed E-state index contributed by atoms with van der Waals surface area (Å²) >= 11 is 1.66. The Labute approximate surface area is 115 Å². The molecule has 1 aliphatic rings. The lowest BCUT2D eigenvalue weighted by Crippen LogP contribution is -2.33. The first-order chi connectivity index (χ1) is 9.24. The van der Waals surface area contributed by atoms with E-state index in [1.54, 1.807) is 11.3 Å². The molecule has 0 radical (unpaired) electrons. The maximum absolute atomic E-state index is 12.5. The normalized spacial score (nSPS) is 14.3. The standard InChI is InChI=1S/C13H14N4OS/c14-12-7-15-11(6-16-12)13(18)17(9-3-4-9)8-10-2-1-5-19-10/h1-2,5-7,9H,3-4,8H2,(H2,14,16). The van der Waals surface area contributed by atoms with Crippen LogP contribution >= 0.6 is 11.3 Å². The van der Waals surface area contributed by atoms with E-state index < -0.39 is 0 Å². The van der Waals surface area contributed by atoms with Gasteiger partial charge in [-0.15, -0.1) is 11.3 Å². The first-order valence-electron chi connectivity index (χ1n) is 6.15. The average molecular weight is 274 g/mol. The number of nitrogens with two attached hydrogens (primary N) is 1. The molecule has 19 heavy (non-hydrogen) atoms. The van der Waals surface area contributed by atoms with Crippen molar-refractivity contribution in [1.82, 2.24) is 14.9 Å². The summed E-state index contributed by atoms with van der Waals surface area (Å²) in [6.07, 6.45) is 5.00. The fraction of sp³-hybridized carbons (Fsp3) is 0.308. The number of carbonyl (C=O) groups is 1. The Bertz CT molecular complexity index is 563. The van der Waals surface area contributed by atoms with Crippen molar-refractivity contribution in [2.45, 2.75) is 25.4 Å². The molecule has 1 aliphatic carbocycles. The molecular weight excluding hydrogens is 260 g/mol. The Morgan fingerprint density at radius 1 is 1.42 bits per heavy atom. The van der Waals surface area contributed by atoms with Crippen LogP contribution in [-0.4, -0.2) is 26.8 Å². The maximum Gasteiger partial charge on any atom is 0.274 e. The molecular formula is C13H14N4OS. The third-order valence-electron chi connectivity index (χ3n) is 3.05. The van der Waals surface area contributed by atoms with Gasteiger partial charge in [0.25, 0.3) is 5.91 Å². The van der Waals surface area contributed by atoms with E-state index in [0.717, 1.165) is 12.8 Å². The number of anilines is 1. The van der Waals surface area contributed by atoms with Gasteiger partial charge in [-0.2, -0.15) is 0 Å². The summed E-state index contributed by atoms with van der Waals surface area (Å²) in [5.41, 5.74) is 5.85. The molecule has 2 aromatic heterocycles. The van der Waals surface area contributed by atoms with Crippen molar-refractivity contribution in [1.29, 1.82) is 0 Å². The molecule has 0 aliphatic heterocycles. The molecule has 98 valence electrons. The molecule has 1 amide bonds. The highest BCUT2D eigenvalue weighted by Gasteiger charge is 2.33. The van der Waals surface area contributed by atoms with Crippen LogP contribution in [0.15, 0.2) is 29.9 Å². The van der Waals surface area contributed by atoms with Gasteiger partial charge in [-0.25, -0.2) is 9.97 Å². The Balaban J connectivity index is 1.79. The smallest absolute Gasteiger partial charge is 0.274 e. The van der Waals surface area contributed by atoms with Crippen LogP contribution in [0.25, 0.3) is 0 Å². The number of nitrogens with zero attached hydrogens (tertiary/aromatic N) is 3. The molecule has 0 aromatic carbocycles. The number of aromatic nitrogens is 2. The van der Waals surface area contributed by atoms with Crippen molar-refractivity contribution in [3.63, 3.8) is 0 Å². The molecule has 5 nitrogen and oxygen atoms in total. The van der Waals surface area contributed by atoms with Crippen molar-refractivity contribution in [2.24, 2.45) is 0 Å². The number of hydrogen-bond acceptors (Lipinski definition) is 5. The first-order valence-corrected chi connectivity index (χ1v) is 7.03. The van der Waals surface area contributed by atoms with Crippen LogP contribution in [-0.2, 0) is 6.54 Å². The largest absolute Gasteiger partial charge is 0.382 e. The van der Waals surface area contributed by atoms with Gasteiger partial charge in [-0.3, -0.25) is 4.79 Å². The van der Waals surface area contributed by atoms with Crippen LogP contribution in [0.4, 0.5) is 5.82 Å². The molecule has 2 aromatic rings. The van der Waals surface area contributed by atoms with Crippen LogP contribution in [0.1, 0.15) is 28.2 Å². The molecule has 3 rings (SSSR count). The van der Waals surface area contributed by atoms with Gasteiger partial charge in [-0.05, 0) is 24.3 Å². The summed E-state index contributed by atoms with van der Waals surface area (Å²) in [7, 11) is 0. The van der Waals surface area contributed by atoms with Crippen LogP contribution in [0, 0.1) is 0 Å². The number of carbonyl (C=O) groups excluding carboxylic acids is 1. The highest BCUT2D eigenvalue weighted by molar-refractivity contribution is 7.09. The van der Waals surface area contributed by atoms with Crippen molar-refractivity contribution >= 4 is 23.1 Å². The van der Waals surface area contributed by atoms with Crippen LogP contribution in [0.5, 0.6) is 0 Å². The highest BCUT2D eigenvalue weighted by Crippen LogP contribution is 2.30. The molecule has 1 fully saturated rings.